The summed E-state index contributed by atoms with van der Waals surface area (Å²) < 4.78 is 41.3. The molecule has 0 amide bonds. The lowest BCUT2D eigenvalue weighted by atomic mass is 9.86. The molecular weight excluding hydrogens is 543 g/mol. The molecule has 0 bridgehead atoms. The van der Waals surface area contributed by atoms with Crippen LogP contribution in [0.15, 0.2) is 46.0 Å². The van der Waals surface area contributed by atoms with E-state index in [1.807, 2.05) is 0 Å². The maximum atomic E-state index is 13.8. The molecule has 3 heterocycles. The number of carbonyl (C=O) groups is 1. The number of aliphatic carboxylic acids is 1. The van der Waals surface area contributed by atoms with Crippen LogP contribution in [0.1, 0.15) is 42.3 Å². The van der Waals surface area contributed by atoms with Crippen LogP contribution < -0.4 is 5.32 Å². The standard InChI is InChI=1S/C24H26ClFN4O5S2/c25-18-11-15(26)1-2-17(18)21-19(24(32)33)20(28-22(29-21)23-27-5-8-36-23)14-3-6-30(7-4-14)37(34,35)16-9-13(10-16)12-31/h1-2,5,8,11,13-14,16,21,31H,3-4,6-7,9-10,12H2,(H,28,29)(H,32,33). The van der Waals surface area contributed by atoms with Gasteiger partial charge < -0.3 is 15.5 Å². The van der Waals surface area contributed by atoms with Gasteiger partial charge in [-0.3, -0.25) is 4.99 Å². The number of halogens is 2. The van der Waals surface area contributed by atoms with Gasteiger partial charge in [-0.1, -0.05) is 17.7 Å². The minimum atomic E-state index is -3.48. The SMILES string of the molecule is O=C(O)C1=C(C2CCN(S(=O)(=O)C3CC(CO)C3)CC2)NC(c2nccs2)=NC1c1ccc(F)cc1Cl. The van der Waals surface area contributed by atoms with Crippen LogP contribution in [0.4, 0.5) is 4.39 Å². The van der Waals surface area contributed by atoms with Gasteiger partial charge in [0.25, 0.3) is 0 Å². The highest BCUT2D eigenvalue weighted by atomic mass is 35.5. The highest BCUT2D eigenvalue weighted by Crippen LogP contribution is 2.41. The Bertz CT molecular complexity index is 1350. The number of nitrogens with zero attached hydrogens (tertiary/aromatic N) is 3. The summed E-state index contributed by atoms with van der Waals surface area (Å²) in [5, 5.41) is 24.6. The molecule has 1 aromatic carbocycles. The van der Waals surface area contributed by atoms with Crippen LogP contribution in [0, 0.1) is 17.7 Å². The van der Waals surface area contributed by atoms with E-state index in [1.165, 1.54) is 27.8 Å². The number of benzene rings is 1. The van der Waals surface area contributed by atoms with Crippen LogP contribution in [0.3, 0.4) is 0 Å². The average Bonchev–Trinajstić information content (AvgIpc) is 3.38. The lowest BCUT2D eigenvalue weighted by molar-refractivity contribution is -0.133. The summed E-state index contributed by atoms with van der Waals surface area (Å²) in [6, 6.07) is 2.78. The molecular formula is C24H26ClFN4O5S2. The normalized spacial score (nSPS) is 25.4. The van der Waals surface area contributed by atoms with Gasteiger partial charge in [0, 0.05) is 53.5 Å². The minimum Gasteiger partial charge on any atom is -0.478 e. The summed E-state index contributed by atoms with van der Waals surface area (Å²) in [4.78, 5) is 21.5. The van der Waals surface area contributed by atoms with Crippen LogP contribution in [-0.2, 0) is 14.8 Å². The number of piperidine rings is 1. The molecule has 37 heavy (non-hydrogen) atoms. The molecule has 1 aliphatic carbocycles. The highest BCUT2D eigenvalue weighted by Gasteiger charge is 2.44. The van der Waals surface area contributed by atoms with Crippen molar-refractivity contribution in [3.05, 3.63) is 62.5 Å². The van der Waals surface area contributed by atoms with E-state index in [9.17, 15) is 27.8 Å². The quantitative estimate of drug-likeness (QED) is 0.467. The van der Waals surface area contributed by atoms with Crippen molar-refractivity contribution in [2.75, 3.05) is 19.7 Å². The molecule has 2 fully saturated rings. The number of aliphatic hydroxyl groups is 1. The molecule has 1 atom stereocenters. The monoisotopic (exact) mass is 568 g/mol. The number of allylic oxidation sites excluding steroid dienone is 1. The fraction of sp³-hybridized carbons (Fsp3) is 0.458. The van der Waals surface area contributed by atoms with E-state index in [1.54, 1.807) is 11.6 Å². The van der Waals surface area contributed by atoms with Crippen LogP contribution >= 0.6 is 22.9 Å². The van der Waals surface area contributed by atoms with Gasteiger partial charge >= 0.3 is 5.97 Å². The van der Waals surface area contributed by atoms with E-state index in [-0.39, 0.29) is 42.1 Å². The number of amidine groups is 1. The van der Waals surface area contributed by atoms with Crippen molar-refractivity contribution < 1.29 is 27.8 Å². The molecule has 198 valence electrons. The zero-order valence-corrected chi connectivity index (χ0v) is 22.1. The molecule has 3 N–H and O–H groups in total. The Morgan fingerprint density at radius 2 is 2.00 bits per heavy atom. The van der Waals surface area contributed by atoms with Gasteiger partial charge in [0.05, 0.1) is 10.8 Å². The van der Waals surface area contributed by atoms with Gasteiger partial charge in [-0.2, -0.15) is 0 Å². The van der Waals surface area contributed by atoms with Crippen LogP contribution in [0.2, 0.25) is 5.02 Å². The molecule has 9 nitrogen and oxygen atoms in total. The minimum absolute atomic E-state index is 0.0000908. The molecule has 5 rings (SSSR count). The number of carboxylic acids is 1. The number of aliphatic hydroxyl groups excluding tert-OH is 1. The first kappa shape index (κ1) is 26.2. The number of hydrogen-bond acceptors (Lipinski definition) is 8. The molecule has 1 aromatic heterocycles. The summed E-state index contributed by atoms with van der Waals surface area (Å²) in [5.74, 6) is -1.57. The van der Waals surface area contributed by atoms with Crippen LogP contribution in [0.25, 0.3) is 0 Å². The zero-order chi connectivity index (χ0) is 26.3. The van der Waals surface area contributed by atoms with Crippen molar-refractivity contribution >= 4 is 44.8 Å². The maximum Gasteiger partial charge on any atom is 0.335 e. The first-order valence-corrected chi connectivity index (χ1v) is 14.7. The van der Waals surface area contributed by atoms with E-state index >= 15 is 0 Å². The van der Waals surface area contributed by atoms with Crippen molar-refractivity contribution in [1.82, 2.24) is 14.6 Å². The molecule has 1 saturated carbocycles. The number of nitrogens with one attached hydrogen (secondary N) is 1. The van der Waals surface area contributed by atoms with Gasteiger partial charge in [-0.25, -0.2) is 26.9 Å². The van der Waals surface area contributed by atoms with Crippen molar-refractivity contribution in [1.29, 1.82) is 0 Å². The molecule has 13 heteroatoms. The third-order valence-electron chi connectivity index (χ3n) is 7.29. The Hall–Kier alpha value is -2.38. The predicted molar refractivity (Wildman–Crippen MR) is 137 cm³/mol. The maximum absolute atomic E-state index is 13.8. The number of hydrogen-bond donors (Lipinski definition) is 3. The Morgan fingerprint density at radius 1 is 1.27 bits per heavy atom. The summed E-state index contributed by atoms with van der Waals surface area (Å²) in [6.07, 6.45) is 3.38. The Morgan fingerprint density at radius 3 is 2.59 bits per heavy atom. The second-order valence-corrected chi connectivity index (χ2v) is 13.0. The Labute approximate surface area is 222 Å². The van der Waals surface area contributed by atoms with Crippen LogP contribution in [0.5, 0.6) is 0 Å². The lowest BCUT2D eigenvalue weighted by Crippen LogP contribution is -2.49. The molecule has 2 aliphatic heterocycles. The van der Waals surface area contributed by atoms with E-state index in [4.69, 9.17) is 11.6 Å². The Balaban J connectivity index is 1.45. The first-order chi connectivity index (χ1) is 17.7. The molecule has 0 spiro atoms. The van der Waals surface area contributed by atoms with E-state index in [2.05, 4.69) is 15.3 Å². The molecule has 1 saturated heterocycles. The van der Waals surface area contributed by atoms with Crippen molar-refractivity contribution in [3.8, 4) is 0 Å². The van der Waals surface area contributed by atoms with Gasteiger partial charge in [-0.15, -0.1) is 11.3 Å². The second-order valence-electron chi connectivity index (χ2n) is 9.50. The van der Waals surface area contributed by atoms with Gasteiger partial charge in [-0.05, 0) is 43.7 Å². The van der Waals surface area contributed by atoms with Gasteiger partial charge in [0.15, 0.2) is 10.8 Å². The predicted octanol–water partition coefficient (Wildman–Crippen LogP) is 3.18. The fourth-order valence-corrected chi connectivity index (χ4v) is 8.23. The smallest absolute Gasteiger partial charge is 0.335 e. The zero-order valence-electron chi connectivity index (χ0n) is 19.7. The van der Waals surface area contributed by atoms with Gasteiger partial charge in [0.1, 0.15) is 11.9 Å². The average molecular weight is 569 g/mol. The second kappa shape index (κ2) is 10.4. The third-order valence-corrected chi connectivity index (χ3v) is 10.7. The highest BCUT2D eigenvalue weighted by molar-refractivity contribution is 7.89. The van der Waals surface area contributed by atoms with E-state index in [0.29, 0.717) is 47.8 Å². The summed E-state index contributed by atoms with van der Waals surface area (Å²) in [5.41, 5.74) is 0.802. The summed E-state index contributed by atoms with van der Waals surface area (Å²) in [7, 11) is -3.48. The number of aromatic nitrogens is 1. The van der Waals surface area contributed by atoms with Crippen molar-refractivity contribution in [2.24, 2.45) is 16.8 Å². The van der Waals surface area contributed by atoms with Crippen molar-refractivity contribution in [3.63, 3.8) is 0 Å². The van der Waals surface area contributed by atoms with Crippen LogP contribution in [-0.4, -0.2) is 64.7 Å². The fourth-order valence-electron chi connectivity index (χ4n) is 5.20. The number of thiazole rings is 1. The molecule has 2 aromatic rings. The lowest BCUT2D eigenvalue weighted by Gasteiger charge is -2.40. The largest absolute Gasteiger partial charge is 0.478 e. The molecule has 0 radical (unpaired) electrons. The number of aliphatic imine (C=N–C) groups is 1. The Kier molecular flexibility index (Phi) is 7.38. The number of carboxylic acid groups (broad SMARTS) is 1. The first-order valence-electron chi connectivity index (χ1n) is 12.0. The van der Waals surface area contributed by atoms with Crippen molar-refractivity contribution in [2.45, 2.75) is 37.0 Å². The number of rotatable bonds is 7. The topological polar surface area (TPSA) is 132 Å². The molecule has 3 aliphatic rings. The van der Waals surface area contributed by atoms with E-state index in [0.717, 1.165) is 6.07 Å². The molecule has 1 unspecified atom stereocenters. The van der Waals surface area contributed by atoms with Gasteiger partial charge in [0.2, 0.25) is 10.0 Å². The summed E-state index contributed by atoms with van der Waals surface area (Å²) >= 11 is 7.67. The third kappa shape index (κ3) is 5.05. The summed E-state index contributed by atoms with van der Waals surface area (Å²) in [6.45, 7) is 0.516. The number of sulfonamides is 1. The van der Waals surface area contributed by atoms with E-state index < -0.39 is 33.1 Å².